The summed E-state index contributed by atoms with van der Waals surface area (Å²) in [6.07, 6.45) is 5.67. The maximum Gasteiger partial charge on any atom is 0.371 e. The van der Waals surface area contributed by atoms with Crippen LogP contribution in [0.25, 0.3) is 5.57 Å². The second-order valence-corrected chi connectivity index (χ2v) is 7.92. The maximum atomic E-state index is 11.0. The first-order valence-corrected chi connectivity index (χ1v) is 8.40. The lowest BCUT2D eigenvalue weighted by Gasteiger charge is -2.42. The lowest BCUT2D eigenvalue weighted by Crippen LogP contribution is -2.33. The molecule has 0 spiro atoms. The van der Waals surface area contributed by atoms with Gasteiger partial charge in [0.05, 0.1) is 7.11 Å². The molecule has 0 aromatic heterocycles. The monoisotopic (exact) mass is 328 g/mol. The highest BCUT2D eigenvalue weighted by atomic mass is 16.5. The summed E-state index contributed by atoms with van der Waals surface area (Å²) >= 11 is 0. The van der Waals surface area contributed by atoms with Crippen molar-refractivity contribution in [3.63, 3.8) is 0 Å². The summed E-state index contributed by atoms with van der Waals surface area (Å²) in [4.78, 5) is 11.0. The zero-order chi connectivity index (χ0) is 18.1. The fraction of sp³-hybridized carbons (Fsp3) is 0.476. The normalized spacial score (nSPS) is 19.6. The van der Waals surface area contributed by atoms with E-state index in [1.807, 2.05) is 6.92 Å². The Morgan fingerprint density at radius 3 is 2.21 bits per heavy atom. The van der Waals surface area contributed by atoms with Gasteiger partial charge in [-0.05, 0) is 58.9 Å². The molecule has 0 saturated carbocycles. The first-order valence-electron chi connectivity index (χ1n) is 8.40. The molecule has 24 heavy (non-hydrogen) atoms. The number of carboxylic acid groups (broad SMARTS) is 1. The Morgan fingerprint density at radius 1 is 1.08 bits per heavy atom. The van der Waals surface area contributed by atoms with Crippen molar-refractivity contribution in [1.29, 1.82) is 0 Å². The summed E-state index contributed by atoms with van der Waals surface area (Å²) in [5, 5.41) is 9.02. The molecule has 1 aromatic carbocycles. The van der Waals surface area contributed by atoms with Crippen LogP contribution in [-0.2, 0) is 20.4 Å². The SMILES string of the molecule is CO/C(=C\C=C(/C)c1ccc2c(c1)C(C)(C)CCC2(C)C)C(=O)O. The topological polar surface area (TPSA) is 46.5 Å². The fourth-order valence-corrected chi connectivity index (χ4v) is 3.36. The summed E-state index contributed by atoms with van der Waals surface area (Å²) in [7, 11) is 1.37. The van der Waals surface area contributed by atoms with E-state index in [1.54, 1.807) is 6.08 Å². The van der Waals surface area contributed by atoms with Gasteiger partial charge in [-0.1, -0.05) is 52.0 Å². The molecule has 1 aliphatic carbocycles. The molecule has 0 fully saturated rings. The van der Waals surface area contributed by atoms with E-state index in [2.05, 4.69) is 45.9 Å². The first-order chi connectivity index (χ1) is 11.1. The minimum absolute atomic E-state index is 0.0613. The van der Waals surface area contributed by atoms with E-state index in [0.717, 1.165) is 11.1 Å². The van der Waals surface area contributed by atoms with E-state index in [4.69, 9.17) is 9.84 Å². The third-order valence-corrected chi connectivity index (χ3v) is 5.22. The lowest BCUT2D eigenvalue weighted by molar-refractivity contribution is -0.136. The lowest BCUT2D eigenvalue weighted by atomic mass is 9.63. The summed E-state index contributed by atoms with van der Waals surface area (Å²) in [6, 6.07) is 6.64. The number of fused-ring (bicyclic) bond motifs is 1. The first kappa shape index (κ1) is 18.3. The Kier molecular flexibility index (Phi) is 4.93. The van der Waals surface area contributed by atoms with Crippen LogP contribution in [0.5, 0.6) is 0 Å². The molecule has 1 N–H and O–H groups in total. The van der Waals surface area contributed by atoms with Gasteiger partial charge in [-0.2, -0.15) is 0 Å². The van der Waals surface area contributed by atoms with Crippen molar-refractivity contribution >= 4 is 11.5 Å². The molecular formula is C21H28O3. The molecule has 0 saturated heterocycles. The van der Waals surface area contributed by atoms with Gasteiger partial charge < -0.3 is 9.84 Å². The number of hydrogen-bond donors (Lipinski definition) is 1. The smallest absolute Gasteiger partial charge is 0.371 e. The van der Waals surface area contributed by atoms with Crippen LogP contribution >= 0.6 is 0 Å². The van der Waals surface area contributed by atoms with E-state index in [1.165, 1.54) is 37.2 Å². The molecule has 0 atom stereocenters. The number of ether oxygens (including phenoxy) is 1. The zero-order valence-electron chi connectivity index (χ0n) is 15.6. The largest absolute Gasteiger partial charge is 0.490 e. The molecule has 0 radical (unpaired) electrons. The highest BCUT2D eigenvalue weighted by Crippen LogP contribution is 2.46. The van der Waals surface area contributed by atoms with Gasteiger partial charge in [-0.15, -0.1) is 0 Å². The van der Waals surface area contributed by atoms with Crippen LogP contribution in [0.1, 0.15) is 64.2 Å². The molecule has 0 amide bonds. The second-order valence-electron chi connectivity index (χ2n) is 7.92. The number of benzene rings is 1. The van der Waals surface area contributed by atoms with Crippen molar-refractivity contribution in [3.05, 3.63) is 52.8 Å². The molecule has 130 valence electrons. The van der Waals surface area contributed by atoms with Gasteiger partial charge in [0.2, 0.25) is 5.76 Å². The number of carbonyl (C=O) groups is 1. The van der Waals surface area contributed by atoms with Crippen LogP contribution in [0.2, 0.25) is 0 Å². The van der Waals surface area contributed by atoms with Gasteiger partial charge in [0.15, 0.2) is 0 Å². The van der Waals surface area contributed by atoms with Crippen LogP contribution in [0.4, 0.5) is 0 Å². The number of methoxy groups -OCH3 is 1. The maximum absolute atomic E-state index is 11.0. The Balaban J connectivity index is 2.46. The van der Waals surface area contributed by atoms with Crippen molar-refractivity contribution in [3.8, 4) is 0 Å². The van der Waals surface area contributed by atoms with Gasteiger partial charge >= 0.3 is 5.97 Å². The molecule has 0 aliphatic heterocycles. The fourth-order valence-electron chi connectivity index (χ4n) is 3.36. The number of carboxylic acids is 1. The van der Waals surface area contributed by atoms with E-state index < -0.39 is 5.97 Å². The van der Waals surface area contributed by atoms with Crippen molar-refractivity contribution in [1.82, 2.24) is 0 Å². The van der Waals surface area contributed by atoms with Gasteiger partial charge in [0.1, 0.15) is 0 Å². The number of aliphatic carboxylic acids is 1. The third kappa shape index (κ3) is 3.55. The number of rotatable bonds is 4. The number of hydrogen-bond acceptors (Lipinski definition) is 2. The molecule has 1 aliphatic rings. The average molecular weight is 328 g/mol. The summed E-state index contributed by atoms with van der Waals surface area (Å²) in [6.45, 7) is 11.2. The zero-order valence-corrected chi connectivity index (χ0v) is 15.6. The quantitative estimate of drug-likeness (QED) is 0.478. The van der Waals surface area contributed by atoms with E-state index in [-0.39, 0.29) is 16.6 Å². The van der Waals surface area contributed by atoms with Crippen molar-refractivity contribution in [2.45, 2.75) is 58.3 Å². The molecule has 2 rings (SSSR count). The summed E-state index contributed by atoms with van der Waals surface area (Å²) in [5.74, 6) is -1.12. The molecule has 0 unspecified atom stereocenters. The summed E-state index contributed by atoms with van der Waals surface area (Å²) < 4.78 is 4.87. The molecule has 0 heterocycles. The van der Waals surface area contributed by atoms with Gasteiger partial charge in [-0.25, -0.2) is 4.79 Å². The Hall–Kier alpha value is -2.03. The van der Waals surface area contributed by atoms with Gasteiger partial charge in [0.25, 0.3) is 0 Å². The highest BCUT2D eigenvalue weighted by molar-refractivity contribution is 5.85. The van der Waals surface area contributed by atoms with Crippen LogP contribution in [0.3, 0.4) is 0 Å². The van der Waals surface area contributed by atoms with Gasteiger partial charge in [-0.3, -0.25) is 0 Å². The molecule has 3 heteroatoms. The predicted molar refractivity (Wildman–Crippen MR) is 98.1 cm³/mol. The Morgan fingerprint density at radius 2 is 1.67 bits per heavy atom. The van der Waals surface area contributed by atoms with Crippen molar-refractivity contribution < 1.29 is 14.6 Å². The minimum atomic E-state index is -1.06. The minimum Gasteiger partial charge on any atom is -0.490 e. The van der Waals surface area contributed by atoms with Gasteiger partial charge in [0, 0.05) is 0 Å². The van der Waals surface area contributed by atoms with Crippen LogP contribution in [-0.4, -0.2) is 18.2 Å². The van der Waals surface area contributed by atoms with E-state index in [9.17, 15) is 4.79 Å². The third-order valence-electron chi connectivity index (χ3n) is 5.22. The predicted octanol–water partition coefficient (Wildman–Crippen LogP) is 5.05. The van der Waals surface area contributed by atoms with E-state index >= 15 is 0 Å². The van der Waals surface area contributed by atoms with Crippen LogP contribution in [0.15, 0.2) is 36.1 Å². The average Bonchev–Trinajstić information content (AvgIpc) is 2.51. The van der Waals surface area contributed by atoms with E-state index in [0.29, 0.717) is 0 Å². The van der Waals surface area contributed by atoms with Crippen molar-refractivity contribution in [2.24, 2.45) is 0 Å². The highest BCUT2D eigenvalue weighted by Gasteiger charge is 2.36. The molecule has 3 nitrogen and oxygen atoms in total. The molecular weight excluding hydrogens is 300 g/mol. The Bertz CT molecular complexity index is 706. The summed E-state index contributed by atoms with van der Waals surface area (Å²) in [5.41, 5.74) is 5.33. The van der Waals surface area contributed by atoms with Crippen LogP contribution in [0, 0.1) is 0 Å². The molecule has 1 aromatic rings. The Labute approximate surface area is 145 Å². The van der Waals surface area contributed by atoms with Crippen LogP contribution < -0.4 is 0 Å². The molecule has 0 bridgehead atoms. The second kappa shape index (κ2) is 6.46. The standard InChI is InChI=1S/C21H28O3/c1-14(7-10-18(24-6)19(22)23)15-8-9-16-17(13-15)21(4,5)12-11-20(16,2)3/h7-10,13H,11-12H2,1-6H3,(H,22,23)/b14-7+,18-10-. The number of allylic oxidation sites excluding steroid dienone is 3. The van der Waals surface area contributed by atoms with Crippen molar-refractivity contribution in [2.75, 3.05) is 7.11 Å².